The summed E-state index contributed by atoms with van der Waals surface area (Å²) in [5, 5.41) is 0. The summed E-state index contributed by atoms with van der Waals surface area (Å²) in [6, 6.07) is 5.14. The Morgan fingerprint density at radius 2 is 1.95 bits per heavy atom. The first-order chi connectivity index (χ1) is 9.54. The van der Waals surface area contributed by atoms with Gasteiger partial charge in [0.25, 0.3) is 0 Å². The number of carbonyl (C=O) groups is 2. The van der Waals surface area contributed by atoms with Crippen LogP contribution in [0.4, 0.5) is 0 Å². The van der Waals surface area contributed by atoms with Gasteiger partial charge >= 0.3 is 5.97 Å². The molecule has 0 aliphatic carbocycles. The van der Waals surface area contributed by atoms with Crippen LogP contribution in [-0.2, 0) is 4.74 Å². The normalized spacial score (nSPS) is 12.0. The first kappa shape index (κ1) is 16.4. The molecule has 0 spiro atoms. The number of ketones is 1. The van der Waals surface area contributed by atoms with Gasteiger partial charge in [0.2, 0.25) is 0 Å². The molecule has 0 aromatic heterocycles. The second-order valence-electron chi connectivity index (χ2n) is 5.13. The summed E-state index contributed by atoms with van der Waals surface area (Å²) in [5.41, 5.74) is 2.05. The molecule has 1 rings (SSSR count). The van der Waals surface area contributed by atoms with Crippen molar-refractivity contribution in [3.05, 3.63) is 34.9 Å². The predicted octanol–water partition coefficient (Wildman–Crippen LogP) is 4.18. The van der Waals surface area contributed by atoms with E-state index < -0.39 is 0 Å². The lowest BCUT2D eigenvalue weighted by Crippen LogP contribution is -2.16. The molecule has 1 aromatic carbocycles. The number of Topliss-reactive ketones (excluding diaryl/α,β-unsaturated/α-hetero) is 1. The summed E-state index contributed by atoms with van der Waals surface area (Å²) in [5.74, 6) is -0.0994. The zero-order chi connectivity index (χ0) is 15.1. The van der Waals surface area contributed by atoms with Crippen LogP contribution in [0.15, 0.2) is 18.2 Å². The fraction of sp³-hybridized carbons (Fsp3) is 0.529. The van der Waals surface area contributed by atoms with Crippen molar-refractivity contribution in [3.63, 3.8) is 0 Å². The SMILES string of the molecule is CCCCC(CC)C(=O)c1ccc(C(=O)OC)cc1C. The van der Waals surface area contributed by atoms with Gasteiger partial charge in [-0.15, -0.1) is 0 Å². The van der Waals surface area contributed by atoms with Crippen LogP contribution in [-0.4, -0.2) is 18.9 Å². The average Bonchev–Trinajstić information content (AvgIpc) is 2.46. The minimum absolute atomic E-state index is 0.0811. The Balaban J connectivity index is 2.95. The lowest BCUT2D eigenvalue weighted by atomic mass is 9.88. The molecule has 3 nitrogen and oxygen atoms in total. The molecule has 0 bridgehead atoms. The number of aryl methyl sites for hydroxylation is 1. The van der Waals surface area contributed by atoms with Gasteiger partial charge in [0, 0.05) is 11.5 Å². The maximum absolute atomic E-state index is 12.5. The van der Waals surface area contributed by atoms with Gasteiger partial charge in [-0.2, -0.15) is 0 Å². The van der Waals surface area contributed by atoms with Crippen LogP contribution >= 0.6 is 0 Å². The molecule has 0 heterocycles. The highest BCUT2D eigenvalue weighted by atomic mass is 16.5. The highest BCUT2D eigenvalue weighted by molar-refractivity contribution is 6.00. The topological polar surface area (TPSA) is 43.4 Å². The predicted molar refractivity (Wildman–Crippen MR) is 80.2 cm³/mol. The molecule has 20 heavy (non-hydrogen) atoms. The van der Waals surface area contributed by atoms with E-state index in [0.29, 0.717) is 5.56 Å². The zero-order valence-corrected chi connectivity index (χ0v) is 12.9. The highest BCUT2D eigenvalue weighted by Crippen LogP contribution is 2.22. The highest BCUT2D eigenvalue weighted by Gasteiger charge is 2.20. The van der Waals surface area contributed by atoms with Crippen molar-refractivity contribution in [2.24, 2.45) is 5.92 Å². The van der Waals surface area contributed by atoms with E-state index in [1.54, 1.807) is 18.2 Å². The van der Waals surface area contributed by atoms with Crippen LogP contribution in [0.3, 0.4) is 0 Å². The van der Waals surface area contributed by atoms with Gasteiger partial charge < -0.3 is 4.74 Å². The Kier molecular flexibility index (Phi) is 6.43. The molecule has 110 valence electrons. The van der Waals surface area contributed by atoms with E-state index in [9.17, 15) is 9.59 Å². The third kappa shape index (κ3) is 3.92. The summed E-state index contributed by atoms with van der Waals surface area (Å²) in [6.07, 6.45) is 3.97. The van der Waals surface area contributed by atoms with Gasteiger partial charge in [-0.25, -0.2) is 4.79 Å². The lowest BCUT2D eigenvalue weighted by Gasteiger charge is -2.15. The average molecular weight is 276 g/mol. The van der Waals surface area contributed by atoms with Crippen molar-refractivity contribution in [2.75, 3.05) is 7.11 Å². The van der Waals surface area contributed by atoms with Crippen molar-refractivity contribution in [3.8, 4) is 0 Å². The van der Waals surface area contributed by atoms with E-state index in [2.05, 4.69) is 18.6 Å². The van der Waals surface area contributed by atoms with E-state index in [-0.39, 0.29) is 17.7 Å². The van der Waals surface area contributed by atoms with E-state index in [0.717, 1.165) is 36.8 Å². The maximum atomic E-state index is 12.5. The number of ether oxygens (including phenoxy) is 1. The summed E-state index contributed by atoms with van der Waals surface area (Å²) < 4.78 is 4.69. The molecular formula is C17H24O3. The molecule has 0 aliphatic rings. The quantitative estimate of drug-likeness (QED) is 0.554. The van der Waals surface area contributed by atoms with Crippen molar-refractivity contribution in [2.45, 2.75) is 46.5 Å². The number of esters is 1. The fourth-order valence-electron chi connectivity index (χ4n) is 2.38. The zero-order valence-electron chi connectivity index (χ0n) is 12.9. The number of rotatable bonds is 7. The first-order valence-corrected chi connectivity index (χ1v) is 7.28. The molecule has 1 unspecified atom stereocenters. The molecule has 0 radical (unpaired) electrons. The number of benzene rings is 1. The van der Waals surface area contributed by atoms with Crippen molar-refractivity contribution < 1.29 is 14.3 Å². The standard InChI is InChI=1S/C17H24O3/c1-5-7-8-13(6-2)16(18)15-10-9-14(11-12(15)3)17(19)20-4/h9-11,13H,5-8H2,1-4H3. The molecule has 0 N–H and O–H groups in total. The van der Waals surface area contributed by atoms with Crippen molar-refractivity contribution >= 4 is 11.8 Å². The summed E-state index contributed by atoms with van der Waals surface area (Å²) in [7, 11) is 1.36. The Morgan fingerprint density at radius 3 is 2.45 bits per heavy atom. The molecule has 0 fully saturated rings. The monoisotopic (exact) mass is 276 g/mol. The number of carbonyl (C=O) groups excluding carboxylic acids is 2. The Bertz CT molecular complexity index is 477. The van der Waals surface area contributed by atoms with E-state index in [1.807, 2.05) is 6.92 Å². The van der Waals surface area contributed by atoms with Gasteiger partial charge in [-0.1, -0.05) is 32.8 Å². The Hall–Kier alpha value is -1.64. The van der Waals surface area contributed by atoms with Gasteiger partial charge in [0.05, 0.1) is 12.7 Å². The smallest absolute Gasteiger partial charge is 0.337 e. The van der Waals surface area contributed by atoms with Crippen LogP contribution in [0.5, 0.6) is 0 Å². The Morgan fingerprint density at radius 1 is 1.25 bits per heavy atom. The second kappa shape index (κ2) is 7.83. The van der Waals surface area contributed by atoms with Gasteiger partial charge in [0.1, 0.15) is 0 Å². The Labute approximate surface area is 121 Å². The largest absolute Gasteiger partial charge is 0.465 e. The van der Waals surface area contributed by atoms with Crippen LogP contribution < -0.4 is 0 Å². The fourth-order valence-corrected chi connectivity index (χ4v) is 2.38. The third-order valence-corrected chi connectivity index (χ3v) is 3.68. The van der Waals surface area contributed by atoms with E-state index >= 15 is 0 Å². The van der Waals surface area contributed by atoms with Crippen molar-refractivity contribution in [1.82, 2.24) is 0 Å². The minimum atomic E-state index is -0.370. The van der Waals surface area contributed by atoms with Gasteiger partial charge in [-0.3, -0.25) is 4.79 Å². The molecule has 3 heteroatoms. The van der Waals surface area contributed by atoms with Gasteiger partial charge in [-0.05, 0) is 37.5 Å². The number of hydrogen-bond acceptors (Lipinski definition) is 3. The number of hydrogen-bond donors (Lipinski definition) is 0. The minimum Gasteiger partial charge on any atom is -0.465 e. The van der Waals surface area contributed by atoms with E-state index in [4.69, 9.17) is 0 Å². The molecule has 1 aromatic rings. The lowest BCUT2D eigenvalue weighted by molar-refractivity contribution is 0.0600. The summed E-state index contributed by atoms with van der Waals surface area (Å²) in [6.45, 7) is 6.05. The molecule has 1 atom stereocenters. The molecular weight excluding hydrogens is 252 g/mol. The van der Waals surface area contributed by atoms with Crippen LogP contribution in [0.25, 0.3) is 0 Å². The number of unbranched alkanes of at least 4 members (excludes halogenated alkanes) is 1. The van der Waals surface area contributed by atoms with Crippen molar-refractivity contribution in [1.29, 1.82) is 0 Å². The molecule has 0 aliphatic heterocycles. The second-order valence-corrected chi connectivity index (χ2v) is 5.13. The molecule has 0 amide bonds. The van der Waals surface area contributed by atoms with Gasteiger partial charge in [0.15, 0.2) is 5.78 Å². The third-order valence-electron chi connectivity index (χ3n) is 3.68. The van der Waals surface area contributed by atoms with Crippen LogP contribution in [0.1, 0.15) is 65.8 Å². The van der Waals surface area contributed by atoms with E-state index in [1.165, 1.54) is 7.11 Å². The number of methoxy groups -OCH3 is 1. The van der Waals surface area contributed by atoms with Crippen LogP contribution in [0.2, 0.25) is 0 Å². The molecule has 0 saturated carbocycles. The molecule has 0 saturated heterocycles. The summed E-state index contributed by atoms with van der Waals surface area (Å²) >= 11 is 0. The maximum Gasteiger partial charge on any atom is 0.337 e. The summed E-state index contributed by atoms with van der Waals surface area (Å²) in [4.78, 5) is 24.0. The first-order valence-electron chi connectivity index (χ1n) is 7.28. The van der Waals surface area contributed by atoms with Crippen LogP contribution in [0, 0.1) is 12.8 Å².